The standard InChI is InChI=1S/C21H15N5O3S2/c1-13-10-30-21(23-13)31-11-17-16-4-2-3-5-18(16)29-19(17)20(27)28-15-8-6-14(7-9-15)26-12-22-24-25-26/h2-10,12H,11H2,1H3. The van der Waals surface area contributed by atoms with Crippen LogP contribution in [-0.2, 0) is 5.75 Å². The van der Waals surface area contributed by atoms with E-state index in [0.717, 1.165) is 26.7 Å². The van der Waals surface area contributed by atoms with E-state index in [1.807, 2.05) is 36.6 Å². The quantitative estimate of drug-likeness (QED) is 0.209. The first-order valence-corrected chi connectivity index (χ1v) is 11.1. The summed E-state index contributed by atoms with van der Waals surface area (Å²) >= 11 is 3.15. The Kier molecular flexibility index (Phi) is 5.23. The first-order valence-electron chi connectivity index (χ1n) is 9.28. The number of hydrogen-bond donors (Lipinski definition) is 0. The minimum Gasteiger partial charge on any atom is -0.449 e. The van der Waals surface area contributed by atoms with Gasteiger partial charge in [0.2, 0.25) is 5.76 Å². The van der Waals surface area contributed by atoms with Gasteiger partial charge in [0.25, 0.3) is 0 Å². The van der Waals surface area contributed by atoms with E-state index in [1.54, 1.807) is 47.4 Å². The number of fused-ring (bicyclic) bond motifs is 1. The topological polar surface area (TPSA) is 95.9 Å². The minimum atomic E-state index is -0.544. The van der Waals surface area contributed by atoms with Gasteiger partial charge in [0, 0.05) is 27.8 Å². The molecule has 0 fully saturated rings. The second kappa shape index (κ2) is 8.32. The summed E-state index contributed by atoms with van der Waals surface area (Å²) in [5.41, 5.74) is 3.18. The zero-order chi connectivity index (χ0) is 21.2. The van der Waals surface area contributed by atoms with Crippen molar-refractivity contribution in [3.8, 4) is 11.4 Å². The fraction of sp³-hybridized carbons (Fsp3) is 0.0952. The van der Waals surface area contributed by atoms with Gasteiger partial charge in [-0.1, -0.05) is 30.0 Å². The van der Waals surface area contributed by atoms with Crippen LogP contribution in [0.2, 0.25) is 0 Å². The van der Waals surface area contributed by atoms with Crippen molar-refractivity contribution in [3.63, 3.8) is 0 Å². The molecular formula is C21H15N5O3S2. The molecule has 0 aliphatic carbocycles. The average molecular weight is 450 g/mol. The number of esters is 1. The van der Waals surface area contributed by atoms with Gasteiger partial charge in [-0.2, -0.15) is 0 Å². The molecule has 0 aliphatic heterocycles. The van der Waals surface area contributed by atoms with Crippen LogP contribution in [0.3, 0.4) is 0 Å². The lowest BCUT2D eigenvalue weighted by Crippen LogP contribution is -2.09. The second-order valence-corrected chi connectivity index (χ2v) is 8.67. The molecule has 0 amide bonds. The second-order valence-electron chi connectivity index (χ2n) is 6.59. The Bertz CT molecular complexity index is 1340. The molecule has 31 heavy (non-hydrogen) atoms. The molecule has 0 saturated carbocycles. The molecule has 5 aromatic rings. The molecule has 0 bridgehead atoms. The molecular weight excluding hydrogens is 434 g/mol. The van der Waals surface area contributed by atoms with Gasteiger partial charge >= 0.3 is 5.97 Å². The van der Waals surface area contributed by atoms with E-state index < -0.39 is 5.97 Å². The van der Waals surface area contributed by atoms with E-state index in [2.05, 4.69) is 20.5 Å². The lowest BCUT2D eigenvalue weighted by molar-refractivity contribution is 0.0702. The van der Waals surface area contributed by atoms with Gasteiger partial charge in [0.15, 0.2) is 0 Å². The summed E-state index contributed by atoms with van der Waals surface area (Å²) in [5, 5.41) is 13.9. The summed E-state index contributed by atoms with van der Waals surface area (Å²) in [4.78, 5) is 17.4. The molecule has 0 spiro atoms. The number of para-hydroxylation sites is 1. The van der Waals surface area contributed by atoms with Crippen LogP contribution in [0.25, 0.3) is 16.7 Å². The van der Waals surface area contributed by atoms with Crippen LogP contribution in [0.4, 0.5) is 0 Å². The number of aryl methyl sites for hydroxylation is 1. The molecule has 8 nitrogen and oxygen atoms in total. The number of rotatable bonds is 6. The van der Waals surface area contributed by atoms with Gasteiger partial charge in [-0.05, 0) is 47.7 Å². The number of ether oxygens (including phenoxy) is 1. The summed E-state index contributed by atoms with van der Waals surface area (Å²) in [7, 11) is 0. The van der Waals surface area contributed by atoms with Crippen LogP contribution in [0, 0.1) is 6.92 Å². The van der Waals surface area contributed by atoms with E-state index in [-0.39, 0.29) is 5.76 Å². The number of aromatic nitrogens is 5. The summed E-state index contributed by atoms with van der Waals surface area (Å²) in [6.07, 6.45) is 1.49. The Morgan fingerprint density at radius 2 is 2.03 bits per heavy atom. The van der Waals surface area contributed by atoms with Gasteiger partial charge in [-0.3, -0.25) is 0 Å². The molecule has 10 heteroatoms. The highest BCUT2D eigenvalue weighted by Crippen LogP contribution is 2.33. The van der Waals surface area contributed by atoms with Crippen molar-refractivity contribution in [2.24, 2.45) is 0 Å². The average Bonchev–Trinajstić information content (AvgIpc) is 3.53. The van der Waals surface area contributed by atoms with Crippen LogP contribution >= 0.6 is 23.1 Å². The van der Waals surface area contributed by atoms with Crippen LogP contribution < -0.4 is 4.74 Å². The molecule has 154 valence electrons. The maximum Gasteiger partial charge on any atom is 0.379 e. The smallest absolute Gasteiger partial charge is 0.379 e. The van der Waals surface area contributed by atoms with E-state index in [1.165, 1.54) is 11.0 Å². The number of thioether (sulfide) groups is 1. The highest BCUT2D eigenvalue weighted by atomic mass is 32.2. The van der Waals surface area contributed by atoms with Gasteiger partial charge in [-0.15, -0.1) is 16.4 Å². The fourth-order valence-corrected chi connectivity index (χ4v) is 4.92. The molecule has 3 heterocycles. The number of thiazole rings is 1. The van der Waals surface area contributed by atoms with Crippen LogP contribution in [0.15, 0.2) is 69.0 Å². The highest BCUT2D eigenvalue weighted by Gasteiger charge is 2.23. The predicted molar refractivity (Wildman–Crippen MR) is 117 cm³/mol. The number of furan rings is 1. The van der Waals surface area contributed by atoms with E-state index in [9.17, 15) is 4.79 Å². The number of carbonyl (C=O) groups excluding carboxylic acids is 1. The van der Waals surface area contributed by atoms with Crippen LogP contribution in [0.1, 0.15) is 21.8 Å². The summed E-state index contributed by atoms with van der Waals surface area (Å²) < 4.78 is 13.9. The van der Waals surface area contributed by atoms with E-state index in [0.29, 0.717) is 17.1 Å². The van der Waals surface area contributed by atoms with Crippen molar-refractivity contribution in [1.29, 1.82) is 0 Å². The monoisotopic (exact) mass is 449 g/mol. The minimum absolute atomic E-state index is 0.200. The third kappa shape index (κ3) is 4.07. The third-order valence-corrected chi connectivity index (χ3v) is 6.65. The third-order valence-electron chi connectivity index (χ3n) is 4.48. The van der Waals surface area contributed by atoms with Crippen LogP contribution in [-0.4, -0.2) is 31.2 Å². The Hall–Kier alpha value is -3.50. The largest absolute Gasteiger partial charge is 0.449 e. The lowest BCUT2D eigenvalue weighted by Gasteiger charge is -2.05. The Morgan fingerprint density at radius 3 is 2.77 bits per heavy atom. The maximum absolute atomic E-state index is 13.0. The normalized spacial score (nSPS) is 11.1. The van der Waals surface area contributed by atoms with Crippen molar-refractivity contribution < 1.29 is 13.9 Å². The molecule has 0 unspecified atom stereocenters. The number of nitrogens with zero attached hydrogens (tertiary/aromatic N) is 5. The zero-order valence-corrected chi connectivity index (χ0v) is 17.9. The molecule has 2 aromatic carbocycles. The first kappa shape index (κ1) is 19.5. The number of benzene rings is 2. The maximum atomic E-state index is 13.0. The van der Waals surface area contributed by atoms with E-state index >= 15 is 0 Å². The molecule has 0 saturated heterocycles. The number of hydrogen-bond acceptors (Lipinski definition) is 9. The molecule has 0 atom stereocenters. The summed E-state index contributed by atoms with van der Waals surface area (Å²) in [6.45, 7) is 1.96. The lowest BCUT2D eigenvalue weighted by atomic mass is 10.1. The van der Waals surface area contributed by atoms with Crippen molar-refractivity contribution in [2.45, 2.75) is 17.0 Å². The van der Waals surface area contributed by atoms with Crippen molar-refractivity contribution >= 4 is 40.0 Å². The highest BCUT2D eigenvalue weighted by molar-refractivity contribution is 8.00. The van der Waals surface area contributed by atoms with Gasteiger partial charge < -0.3 is 9.15 Å². The summed E-state index contributed by atoms with van der Waals surface area (Å²) in [5.74, 6) is 0.604. The molecule has 0 aliphatic rings. The molecule has 0 radical (unpaired) electrons. The van der Waals surface area contributed by atoms with Gasteiger partial charge in [0.05, 0.1) is 5.69 Å². The first-order chi connectivity index (χ1) is 15.2. The Morgan fingerprint density at radius 1 is 1.19 bits per heavy atom. The molecule has 0 N–H and O–H groups in total. The Balaban J connectivity index is 1.40. The molecule has 5 rings (SSSR count). The van der Waals surface area contributed by atoms with Gasteiger partial charge in [-0.25, -0.2) is 14.5 Å². The molecule has 3 aromatic heterocycles. The van der Waals surface area contributed by atoms with Crippen LogP contribution in [0.5, 0.6) is 5.75 Å². The van der Waals surface area contributed by atoms with Gasteiger partial charge in [0.1, 0.15) is 22.0 Å². The number of tetrazole rings is 1. The SMILES string of the molecule is Cc1csc(SCc2c(C(=O)Oc3ccc(-n4cnnn4)cc3)oc3ccccc23)n1. The number of carbonyl (C=O) groups is 1. The summed E-state index contributed by atoms with van der Waals surface area (Å²) in [6, 6.07) is 14.5. The van der Waals surface area contributed by atoms with Crippen molar-refractivity contribution in [2.75, 3.05) is 0 Å². The predicted octanol–water partition coefficient (Wildman–Crippen LogP) is 4.68. The zero-order valence-electron chi connectivity index (χ0n) is 16.3. The fourth-order valence-electron chi connectivity index (χ4n) is 3.04. The van der Waals surface area contributed by atoms with E-state index in [4.69, 9.17) is 9.15 Å². The van der Waals surface area contributed by atoms with Crippen molar-refractivity contribution in [3.05, 3.63) is 77.3 Å². The Labute approximate surface area is 184 Å². The van der Waals surface area contributed by atoms with Crippen molar-refractivity contribution in [1.82, 2.24) is 25.2 Å².